The first kappa shape index (κ1) is 4.93. The van der Waals surface area contributed by atoms with E-state index in [0.717, 1.165) is 5.84 Å². The normalized spacial score (nSPS) is 29.4. The van der Waals surface area contributed by atoms with Gasteiger partial charge in [-0.15, -0.1) is 12.6 Å². The maximum atomic E-state index is 4.68. The molecule has 4 heteroatoms. The third-order valence-corrected chi connectivity index (χ3v) is 0.837. The molecule has 3 nitrogen and oxygen atoms in total. The Morgan fingerprint density at radius 1 is 2.00 bits per heavy atom. The number of thiol groups is 1. The highest BCUT2D eigenvalue weighted by Gasteiger charge is 2.07. The lowest BCUT2D eigenvalue weighted by Crippen LogP contribution is -2.13. The minimum Gasteiger partial charge on any atom is -0.250 e. The summed E-state index contributed by atoms with van der Waals surface area (Å²) in [6.07, 6.45) is 0. The molecule has 0 amide bonds. The third-order valence-electron chi connectivity index (χ3n) is 0.616. The molecule has 1 aliphatic rings. The van der Waals surface area contributed by atoms with E-state index in [1.54, 1.807) is 0 Å². The molecule has 1 rings (SSSR count). The first-order valence-electron chi connectivity index (χ1n) is 1.93. The lowest BCUT2D eigenvalue weighted by molar-refractivity contribution is 0.0934. The van der Waals surface area contributed by atoms with E-state index in [0.29, 0.717) is 0 Å². The Hall–Kier alpha value is -0.220. The van der Waals surface area contributed by atoms with Crippen LogP contribution >= 0.6 is 12.6 Å². The van der Waals surface area contributed by atoms with Gasteiger partial charge in [-0.25, -0.2) is 9.83 Å². The maximum absolute atomic E-state index is 4.68. The molecular weight excluding hydrogens is 112 g/mol. The number of nitrogens with zero attached hydrogens (tertiary/aromatic N) is 1. The summed E-state index contributed by atoms with van der Waals surface area (Å²) in [6.45, 7) is 1.82. The van der Waals surface area contributed by atoms with Crippen LogP contribution in [0.25, 0.3) is 0 Å². The fraction of sp³-hybridized carbons (Fsp3) is 0.667. The van der Waals surface area contributed by atoms with Crippen molar-refractivity contribution in [3.8, 4) is 0 Å². The van der Waals surface area contributed by atoms with Crippen LogP contribution in [0.5, 0.6) is 0 Å². The minimum absolute atomic E-state index is 0.306. The van der Waals surface area contributed by atoms with Gasteiger partial charge in [0, 0.05) is 0 Å². The van der Waals surface area contributed by atoms with Crippen LogP contribution < -0.4 is 5.48 Å². The van der Waals surface area contributed by atoms with Crippen molar-refractivity contribution >= 4 is 18.5 Å². The molecular formula is C3H6N2OS. The Labute approximate surface area is 47.1 Å². The van der Waals surface area contributed by atoms with Crippen LogP contribution in [-0.2, 0) is 4.84 Å². The van der Waals surface area contributed by atoms with E-state index in [-0.39, 0.29) is 5.56 Å². The van der Waals surface area contributed by atoms with E-state index in [1.807, 2.05) is 6.92 Å². The number of rotatable bonds is 0. The second kappa shape index (κ2) is 1.71. The number of hydrogen-bond acceptors (Lipinski definition) is 4. The number of aliphatic imine (C=N–C) groups is 1. The van der Waals surface area contributed by atoms with Crippen molar-refractivity contribution in [1.29, 1.82) is 0 Å². The Morgan fingerprint density at radius 3 is 2.86 bits per heavy atom. The highest BCUT2D eigenvalue weighted by molar-refractivity contribution is 7.80. The van der Waals surface area contributed by atoms with E-state index < -0.39 is 0 Å². The summed E-state index contributed by atoms with van der Waals surface area (Å²) in [4.78, 5) is 8.51. The Morgan fingerprint density at radius 2 is 2.71 bits per heavy atom. The number of hydroxylamine groups is 1. The van der Waals surface area contributed by atoms with Gasteiger partial charge >= 0.3 is 0 Å². The molecule has 1 atom stereocenters. The van der Waals surface area contributed by atoms with Crippen molar-refractivity contribution in [3.63, 3.8) is 0 Å². The minimum atomic E-state index is -0.306. The monoisotopic (exact) mass is 118 g/mol. The van der Waals surface area contributed by atoms with Crippen molar-refractivity contribution in [3.05, 3.63) is 0 Å². The SMILES string of the molecule is CC1=NC(S)ON1. The predicted octanol–water partition coefficient (Wildman–Crippen LogP) is 0.153. The molecule has 0 bridgehead atoms. The van der Waals surface area contributed by atoms with Gasteiger partial charge in [0.2, 0.25) is 5.56 Å². The molecule has 0 saturated carbocycles. The van der Waals surface area contributed by atoms with Crippen LogP contribution in [0.2, 0.25) is 0 Å². The van der Waals surface area contributed by atoms with Crippen molar-refractivity contribution in [2.24, 2.45) is 4.99 Å². The smallest absolute Gasteiger partial charge is 0.220 e. The zero-order valence-corrected chi connectivity index (χ0v) is 4.77. The molecule has 0 saturated heterocycles. The third kappa shape index (κ3) is 1.07. The number of hydrogen-bond donors (Lipinski definition) is 2. The molecule has 0 radical (unpaired) electrons. The molecule has 7 heavy (non-hydrogen) atoms. The molecule has 0 fully saturated rings. The summed E-state index contributed by atoms with van der Waals surface area (Å²) in [5, 5.41) is 0. The summed E-state index contributed by atoms with van der Waals surface area (Å²) >= 11 is 3.88. The summed E-state index contributed by atoms with van der Waals surface area (Å²) in [6, 6.07) is 0. The van der Waals surface area contributed by atoms with Gasteiger partial charge in [-0.1, -0.05) is 0 Å². The fourth-order valence-corrected chi connectivity index (χ4v) is 0.582. The summed E-state index contributed by atoms with van der Waals surface area (Å²) < 4.78 is 0. The van der Waals surface area contributed by atoms with Gasteiger partial charge in [-0.3, -0.25) is 5.48 Å². The maximum Gasteiger partial charge on any atom is 0.220 e. The largest absolute Gasteiger partial charge is 0.250 e. The van der Waals surface area contributed by atoms with Crippen molar-refractivity contribution < 1.29 is 4.84 Å². The van der Waals surface area contributed by atoms with Crippen molar-refractivity contribution in [1.82, 2.24) is 5.48 Å². The van der Waals surface area contributed by atoms with E-state index in [2.05, 4.69) is 27.9 Å². The molecule has 1 N–H and O–H groups in total. The quantitative estimate of drug-likeness (QED) is 0.444. The van der Waals surface area contributed by atoms with E-state index >= 15 is 0 Å². The Kier molecular flexibility index (Phi) is 1.21. The lowest BCUT2D eigenvalue weighted by atomic mass is 10.7. The topological polar surface area (TPSA) is 33.6 Å². The molecule has 0 aromatic rings. The molecule has 0 aliphatic carbocycles. The van der Waals surface area contributed by atoms with Crippen LogP contribution in [0.3, 0.4) is 0 Å². The van der Waals surface area contributed by atoms with Crippen molar-refractivity contribution in [2.75, 3.05) is 0 Å². The first-order chi connectivity index (χ1) is 3.29. The zero-order valence-electron chi connectivity index (χ0n) is 3.88. The van der Waals surface area contributed by atoms with E-state index in [1.165, 1.54) is 0 Å². The van der Waals surface area contributed by atoms with Crippen LogP contribution in [-0.4, -0.2) is 11.4 Å². The molecule has 0 spiro atoms. The molecule has 0 aromatic heterocycles. The second-order valence-electron chi connectivity index (χ2n) is 1.26. The first-order valence-corrected chi connectivity index (χ1v) is 2.45. The predicted molar refractivity (Wildman–Crippen MR) is 30.1 cm³/mol. The van der Waals surface area contributed by atoms with Gasteiger partial charge in [-0.05, 0) is 6.92 Å². The molecule has 1 heterocycles. The summed E-state index contributed by atoms with van der Waals surface area (Å²) in [5.41, 5.74) is 2.24. The molecule has 40 valence electrons. The molecule has 0 aromatic carbocycles. The Balaban J connectivity index is 2.50. The van der Waals surface area contributed by atoms with Crippen LogP contribution in [0.4, 0.5) is 0 Å². The van der Waals surface area contributed by atoms with Gasteiger partial charge in [0.05, 0.1) is 0 Å². The number of amidine groups is 1. The highest BCUT2D eigenvalue weighted by Crippen LogP contribution is 2.01. The van der Waals surface area contributed by atoms with Crippen LogP contribution in [0.15, 0.2) is 4.99 Å². The molecule has 1 unspecified atom stereocenters. The van der Waals surface area contributed by atoms with Crippen molar-refractivity contribution in [2.45, 2.75) is 12.5 Å². The fourth-order valence-electron chi connectivity index (χ4n) is 0.356. The van der Waals surface area contributed by atoms with Gasteiger partial charge < -0.3 is 0 Å². The highest BCUT2D eigenvalue weighted by atomic mass is 32.1. The van der Waals surface area contributed by atoms with Gasteiger partial charge in [0.15, 0.2) is 0 Å². The van der Waals surface area contributed by atoms with E-state index in [9.17, 15) is 0 Å². The second-order valence-corrected chi connectivity index (χ2v) is 1.70. The summed E-state index contributed by atoms with van der Waals surface area (Å²) in [5.74, 6) is 0.778. The van der Waals surface area contributed by atoms with Gasteiger partial charge in [0.1, 0.15) is 5.84 Å². The molecule has 1 aliphatic heterocycles. The zero-order chi connectivity index (χ0) is 5.28. The van der Waals surface area contributed by atoms with Gasteiger partial charge in [0.25, 0.3) is 0 Å². The number of nitrogens with one attached hydrogen (secondary N) is 1. The summed E-state index contributed by atoms with van der Waals surface area (Å²) in [7, 11) is 0. The Bertz CT molecular complexity index is 103. The average molecular weight is 118 g/mol. The van der Waals surface area contributed by atoms with Crippen LogP contribution in [0.1, 0.15) is 6.92 Å². The standard InChI is InChI=1S/C3H6N2OS/c1-2-4-3(7)6-5-2/h3,7H,1H3,(H,4,5). The lowest BCUT2D eigenvalue weighted by Gasteiger charge is -1.92. The van der Waals surface area contributed by atoms with E-state index in [4.69, 9.17) is 0 Å². The average Bonchev–Trinajstić information content (AvgIpc) is 1.87. The van der Waals surface area contributed by atoms with Crippen LogP contribution in [0, 0.1) is 0 Å². The van der Waals surface area contributed by atoms with Gasteiger partial charge in [-0.2, -0.15) is 0 Å².